The van der Waals surface area contributed by atoms with Crippen molar-refractivity contribution in [2.45, 2.75) is 13.0 Å². The fourth-order valence-electron chi connectivity index (χ4n) is 3.47. The number of hydrogen-bond donors (Lipinski definition) is 1. The van der Waals surface area contributed by atoms with Crippen molar-refractivity contribution in [3.63, 3.8) is 0 Å². The van der Waals surface area contributed by atoms with Gasteiger partial charge in [-0.05, 0) is 43.8 Å². The lowest BCUT2D eigenvalue weighted by molar-refractivity contribution is 0.281. The van der Waals surface area contributed by atoms with Gasteiger partial charge in [-0.2, -0.15) is 0 Å². The molecule has 130 valence electrons. The van der Waals surface area contributed by atoms with Crippen molar-refractivity contribution in [1.82, 2.24) is 19.6 Å². The number of benzene rings is 1. The number of fused-ring (bicyclic) bond motifs is 1. The summed E-state index contributed by atoms with van der Waals surface area (Å²) in [6.07, 6.45) is 3.29. The molecule has 3 aromatic rings. The van der Waals surface area contributed by atoms with Crippen LogP contribution in [0.5, 0.6) is 5.75 Å². The molecule has 1 aromatic carbocycles. The number of methoxy groups -OCH3 is 1. The Hall–Kier alpha value is -2.37. The molecule has 1 aliphatic rings. The van der Waals surface area contributed by atoms with Crippen LogP contribution in [-0.4, -0.2) is 47.6 Å². The van der Waals surface area contributed by atoms with Gasteiger partial charge in [0.05, 0.1) is 18.5 Å². The minimum atomic E-state index is 0.861. The molecule has 1 N–H and O–H groups in total. The summed E-state index contributed by atoms with van der Waals surface area (Å²) in [7, 11) is 1.70. The van der Waals surface area contributed by atoms with Gasteiger partial charge in [-0.1, -0.05) is 18.2 Å². The van der Waals surface area contributed by atoms with E-state index in [0.717, 1.165) is 55.4 Å². The maximum absolute atomic E-state index is 5.40. The first-order valence-corrected chi connectivity index (χ1v) is 8.88. The Morgan fingerprint density at radius 1 is 1.12 bits per heavy atom. The van der Waals surface area contributed by atoms with Gasteiger partial charge < -0.3 is 14.5 Å². The zero-order chi connectivity index (χ0) is 17.1. The van der Waals surface area contributed by atoms with Crippen molar-refractivity contribution in [3.05, 3.63) is 54.4 Å². The van der Waals surface area contributed by atoms with E-state index < -0.39 is 0 Å². The van der Waals surface area contributed by atoms with Crippen molar-refractivity contribution in [2.24, 2.45) is 0 Å². The van der Waals surface area contributed by atoms with E-state index in [1.54, 1.807) is 7.11 Å². The van der Waals surface area contributed by atoms with Crippen LogP contribution in [-0.2, 0) is 6.54 Å². The summed E-state index contributed by atoms with van der Waals surface area (Å²) in [6.45, 7) is 5.24. The summed E-state index contributed by atoms with van der Waals surface area (Å²) >= 11 is 0. The second-order valence-corrected chi connectivity index (χ2v) is 6.45. The van der Waals surface area contributed by atoms with Crippen molar-refractivity contribution in [3.8, 4) is 17.0 Å². The monoisotopic (exact) mass is 336 g/mol. The maximum atomic E-state index is 5.40. The Morgan fingerprint density at radius 2 is 2.08 bits per heavy atom. The molecule has 1 fully saturated rings. The summed E-state index contributed by atoms with van der Waals surface area (Å²) in [4.78, 5) is 7.43. The zero-order valence-electron chi connectivity index (χ0n) is 14.6. The molecule has 0 spiro atoms. The lowest BCUT2D eigenvalue weighted by Crippen LogP contribution is -2.28. The van der Waals surface area contributed by atoms with Crippen molar-refractivity contribution in [2.75, 3.05) is 33.3 Å². The molecule has 0 saturated carbocycles. The highest BCUT2D eigenvalue weighted by molar-refractivity contribution is 5.68. The normalized spacial score (nSPS) is 16.0. The first-order chi connectivity index (χ1) is 12.3. The van der Waals surface area contributed by atoms with Crippen molar-refractivity contribution < 1.29 is 4.74 Å². The minimum absolute atomic E-state index is 0.861. The van der Waals surface area contributed by atoms with Crippen LogP contribution in [0.4, 0.5) is 0 Å². The van der Waals surface area contributed by atoms with Crippen LogP contribution < -0.4 is 10.1 Å². The van der Waals surface area contributed by atoms with Crippen LogP contribution in [0.2, 0.25) is 0 Å². The summed E-state index contributed by atoms with van der Waals surface area (Å²) in [6, 6.07) is 14.3. The van der Waals surface area contributed by atoms with Crippen LogP contribution in [0.15, 0.2) is 48.7 Å². The summed E-state index contributed by atoms with van der Waals surface area (Å²) in [5, 5.41) is 3.47. The highest BCUT2D eigenvalue weighted by atomic mass is 16.5. The number of aromatic nitrogens is 2. The lowest BCUT2D eigenvalue weighted by Gasteiger charge is -2.20. The first kappa shape index (κ1) is 16.1. The van der Waals surface area contributed by atoms with Gasteiger partial charge in [0.1, 0.15) is 11.4 Å². The zero-order valence-corrected chi connectivity index (χ0v) is 14.6. The molecule has 5 heteroatoms. The summed E-state index contributed by atoms with van der Waals surface area (Å²) in [5.74, 6) is 0.861. The predicted molar refractivity (Wildman–Crippen MR) is 99.9 cm³/mol. The summed E-state index contributed by atoms with van der Waals surface area (Å²) in [5.41, 5.74) is 4.38. The molecule has 0 radical (unpaired) electrons. The molecule has 1 aliphatic heterocycles. The van der Waals surface area contributed by atoms with E-state index in [1.807, 2.05) is 18.2 Å². The standard InChI is InChI=1S/C20H24N4O/c1-25-17-7-4-6-16(14-17)20-18(15-23-11-5-9-21-10-13-23)24-12-3-2-8-19(24)22-20/h2-4,6-8,12,14,21H,5,9-11,13,15H2,1H3. The average Bonchev–Trinajstić information content (AvgIpc) is 2.83. The largest absolute Gasteiger partial charge is 0.497 e. The molecule has 0 amide bonds. The Balaban J connectivity index is 1.77. The molecule has 0 aliphatic carbocycles. The smallest absolute Gasteiger partial charge is 0.137 e. The molecule has 25 heavy (non-hydrogen) atoms. The number of nitrogens with one attached hydrogen (secondary N) is 1. The number of ether oxygens (including phenoxy) is 1. The number of imidazole rings is 1. The molecule has 5 nitrogen and oxygen atoms in total. The van der Waals surface area contributed by atoms with Crippen LogP contribution in [0.3, 0.4) is 0 Å². The lowest BCUT2D eigenvalue weighted by atomic mass is 10.1. The van der Waals surface area contributed by atoms with Crippen molar-refractivity contribution in [1.29, 1.82) is 0 Å². The molecular weight excluding hydrogens is 312 g/mol. The van der Waals surface area contributed by atoms with Crippen LogP contribution >= 0.6 is 0 Å². The van der Waals surface area contributed by atoms with Crippen LogP contribution in [0.1, 0.15) is 12.1 Å². The fourth-order valence-corrected chi connectivity index (χ4v) is 3.47. The SMILES string of the molecule is COc1cccc(-c2nc3ccccn3c2CN2CCCNCC2)c1. The quantitative estimate of drug-likeness (QED) is 0.795. The van der Waals surface area contributed by atoms with Crippen molar-refractivity contribution >= 4 is 5.65 Å². The van der Waals surface area contributed by atoms with E-state index >= 15 is 0 Å². The third-order valence-electron chi connectivity index (χ3n) is 4.78. The molecule has 1 saturated heterocycles. The number of hydrogen-bond acceptors (Lipinski definition) is 4. The molecule has 2 aromatic heterocycles. The van der Waals surface area contributed by atoms with E-state index in [4.69, 9.17) is 9.72 Å². The van der Waals surface area contributed by atoms with Gasteiger partial charge in [-0.3, -0.25) is 4.90 Å². The maximum Gasteiger partial charge on any atom is 0.137 e. The average molecular weight is 336 g/mol. The fraction of sp³-hybridized carbons (Fsp3) is 0.350. The number of rotatable bonds is 4. The van der Waals surface area contributed by atoms with E-state index in [1.165, 1.54) is 12.1 Å². The highest BCUT2D eigenvalue weighted by Crippen LogP contribution is 2.28. The van der Waals surface area contributed by atoms with Gasteiger partial charge in [0, 0.05) is 31.4 Å². The molecular formula is C20H24N4O. The van der Waals surface area contributed by atoms with E-state index in [9.17, 15) is 0 Å². The van der Waals surface area contributed by atoms with Gasteiger partial charge >= 0.3 is 0 Å². The number of pyridine rings is 1. The molecule has 0 unspecified atom stereocenters. The molecule has 3 heterocycles. The van der Waals surface area contributed by atoms with Gasteiger partial charge in [-0.15, -0.1) is 0 Å². The first-order valence-electron chi connectivity index (χ1n) is 8.88. The minimum Gasteiger partial charge on any atom is -0.497 e. The van der Waals surface area contributed by atoms with Gasteiger partial charge in [0.25, 0.3) is 0 Å². The Morgan fingerprint density at radius 3 is 3.00 bits per heavy atom. The van der Waals surface area contributed by atoms with Gasteiger partial charge in [-0.25, -0.2) is 4.98 Å². The van der Waals surface area contributed by atoms with Gasteiger partial charge in [0.15, 0.2) is 0 Å². The van der Waals surface area contributed by atoms with E-state index in [0.29, 0.717) is 0 Å². The molecule has 0 atom stereocenters. The highest BCUT2D eigenvalue weighted by Gasteiger charge is 2.18. The van der Waals surface area contributed by atoms with Crippen LogP contribution in [0.25, 0.3) is 16.9 Å². The topological polar surface area (TPSA) is 41.8 Å². The second-order valence-electron chi connectivity index (χ2n) is 6.45. The third kappa shape index (κ3) is 3.38. The Kier molecular flexibility index (Phi) is 4.68. The Bertz CT molecular complexity index is 850. The van der Waals surface area contributed by atoms with Crippen LogP contribution in [0, 0.1) is 0 Å². The molecule has 4 rings (SSSR count). The number of nitrogens with zero attached hydrogens (tertiary/aromatic N) is 3. The third-order valence-corrected chi connectivity index (χ3v) is 4.78. The molecule has 0 bridgehead atoms. The van der Waals surface area contributed by atoms with E-state index in [2.05, 4.69) is 45.1 Å². The predicted octanol–water partition coefficient (Wildman–Crippen LogP) is 2.81. The Labute approximate surface area is 148 Å². The second kappa shape index (κ2) is 7.25. The van der Waals surface area contributed by atoms with E-state index in [-0.39, 0.29) is 0 Å². The summed E-state index contributed by atoms with van der Waals surface area (Å²) < 4.78 is 7.62. The van der Waals surface area contributed by atoms with Gasteiger partial charge in [0.2, 0.25) is 0 Å².